The van der Waals surface area contributed by atoms with E-state index >= 15 is 0 Å². The second-order valence-corrected chi connectivity index (χ2v) is 5.78. The number of nitro benzene ring substituents is 1. The predicted octanol–water partition coefficient (Wildman–Crippen LogP) is 2.40. The molecule has 0 spiro atoms. The zero-order valence-corrected chi connectivity index (χ0v) is 13.8. The van der Waals surface area contributed by atoms with E-state index < -0.39 is 10.8 Å². The van der Waals surface area contributed by atoms with Crippen LogP contribution in [0.1, 0.15) is 30.6 Å². The van der Waals surface area contributed by atoms with Gasteiger partial charge in [-0.15, -0.1) is 0 Å². The standard InChI is InChI=1S/C13H17ClN4O3S/c1-8(2)5-6-15-13(22)17-16-12(19)10-7-9(14)3-4-11(10)18(20)21/h3-4,7-8H,5-6H2,1-2H3,(H,16,19)(H2,15,17,22). The van der Waals surface area contributed by atoms with Crippen molar-refractivity contribution in [2.24, 2.45) is 5.92 Å². The molecule has 0 radical (unpaired) electrons. The summed E-state index contributed by atoms with van der Waals surface area (Å²) in [5, 5.41) is 14.3. The van der Waals surface area contributed by atoms with Gasteiger partial charge in [0.15, 0.2) is 5.11 Å². The van der Waals surface area contributed by atoms with Crippen LogP contribution in [0.4, 0.5) is 5.69 Å². The highest BCUT2D eigenvalue weighted by Crippen LogP contribution is 2.22. The second-order valence-electron chi connectivity index (χ2n) is 4.94. The van der Waals surface area contributed by atoms with E-state index in [1.54, 1.807) is 0 Å². The number of carbonyl (C=O) groups excluding carboxylic acids is 1. The lowest BCUT2D eigenvalue weighted by atomic mass is 10.1. The van der Waals surface area contributed by atoms with Gasteiger partial charge in [0.1, 0.15) is 5.56 Å². The highest BCUT2D eigenvalue weighted by atomic mass is 35.5. The van der Waals surface area contributed by atoms with Crippen molar-refractivity contribution in [1.82, 2.24) is 16.2 Å². The Balaban J connectivity index is 2.61. The highest BCUT2D eigenvalue weighted by Gasteiger charge is 2.20. The zero-order chi connectivity index (χ0) is 16.7. The summed E-state index contributed by atoms with van der Waals surface area (Å²) in [6, 6.07) is 3.75. The summed E-state index contributed by atoms with van der Waals surface area (Å²) in [6.45, 7) is 4.83. The van der Waals surface area contributed by atoms with E-state index in [1.165, 1.54) is 18.2 Å². The van der Waals surface area contributed by atoms with Crippen molar-refractivity contribution in [2.75, 3.05) is 6.54 Å². The molecule has 0 fully saturated rings. The molecule has 7 nitrogen and oxygen atoms in total. The van der Waals surface area contributed by atoms with Crippen LogP contribution in [0, 0.1) is 16.0 Å². The molecule has 22 heavy (non-hydrogen) atoms. The van der Waals surface area contributed by atoms with Crippen molar-refractivity contribution >= 4 is 40.5 Å². The molecule has 0 aromatic heterocycles. The highest BCUT2D eigenvalue weighted by molar-refractivity contribution is 7.80. The van der Waals surface area contributed by atoms with Gasteiger partial charge in [0.05, 0.1) is 4.92 Å². The summed E-state index contributed by atoms with van der Waals surface area (Å²) < 4.78 is 0. The van der Waals surface area contributed by atoms with Gasteiger partial charge in [0.2, 0.25) is 0 Å². The van der Waals surface area contributed by atoms with Crippen LogP contribution in [0.2, 0.25) is 5.02 Å². The Bertz CT molecular complexity index is 580. The van der Waals surface area contributed by atoms with Gasteiger partial charge >= 0.3 is 0 Å². The Morgan fingerprint density at radius 1 is 1.41 bits per heavy atom. The maximum atomic E-state index is 12.0. The molecule has 0 heterocycles. The van der Waals surface area contributed by atoms with Crippen LogP contribution >= 0.6 is 23.8 Å². The van der Waals surface area contributed by atoms with Gasteiger partial charge < -0.3 is 5.32 Å². The third kappa shape index (κ3) is 5.82. The third-order valence-electron chi connectivity index (χ3n) is 2.70. The number of nitrogens with one attached hydrogen (secondary N) is 3. The Morgan fingerprint density at radius 3 is 2.68 bits per heavy atom. The third-order valence-corrected chi connectivity index (χ3v) is 3.18. The second kappa shape index (κ2) is 8.50. The molecule has 1 amide bonds. The first kappa shape index (κ1) is 18.1. The summed E-state index contributed by atoms with van der Waals surface area (Å²) >= 11 is 10.8. The number of amides is 1. The Kier molecular flexibility index (Phi) is 7.00. The molecule has 120 valence electrons. The van der Waals surface area contributed by atoms with E-state index in [2.05, 4.69) is 30.0 Å². The van der Waals surface area contributed by atoms with Crippen molar-refractivity contribution in [3.63, 3.8) is 0 Å². The van der Waals surface area contributed by atoms with Crippen LogP contribution in [-0.4, -0.2) is 22.5 Å². The number of carbonyl (C=O) groups is 1. The molecule has 0 saturated heterocycles. The topological polar surface area (TPSA) is 96.3 Å². The van der Waals surface area contributed by atoms with Gasteiger partial charge in [-0.05, 0) is 36.7 Å². The van der Waals surface area contributed by atoms with Crippen LogP contribution < -0.4 is 16.2 Å². The first-order valence-corrected chi connectivity index (χ1v) is 7.38. The molecule has 3 N–H and O–H groups in total. The normalized spacial score (nSPS) is 10.2. The minimum atomic E-state index is -0.692. The summed E-state index contributed by atoms with van der Waals surface area (Å²) in [5.74, 6) is -0.166. The maximum Gasteiger partial charge on any atom is 0.282 e. The zero-order valence-electron chi connectivity index (χ0n) is 12.2. The van der Waals surface area contributed by atoms with Crippen LogP contribution in [0.25, 0.3) is 0 Å². The van der Waals surface area contributed by atoms with Crippen molar-refractivity contribution in [2.45, 2.75) is 20.3 Å². The largest absolute Gasteiger partial charge is 0.361 e. The van der Waals surface area contributed by atoms with E-state index in [4.69, 9.17) is 23.8 Å². The van der Waals surface area contributed by atoms with Gasteiger partial charge in [0, 0.05) is 17.6 Å². The number of halogens is 1. The number of hydrazine groups is 1. The van der Waals surface area contributed by atoms with Crippen LogP contribution in [0.3, 0.4) is 0 Å². The number of nitro groups is 1. The lowest BCUT2D eigenvalue weighted by Crippen LogP contribution is -2.47. The number of thiocarbonyl (C=S) groups is 1. The average Bonchev–Trinajstić information content (AvgIpc) is 2.43. The fourth-order valence-corrected chi connectivity index (χ4v) is 1.87. The molecule has 0 saturated carbocycles. The maximum absolute atomic E-state index is 12.0. The minimum Gasteiger partial charge on any atom is -0.361 e. The van der Waals surface area contributed by atoms with Crippen LogP contribution in [-0.2, 0) is 0 Å². The number of hydrogen-bond acceptors (Lipinski definition) is 4. The van der Waals surface area contributed by atoms with Crippen molar-refractivity contribution in [3.05, 3.63) is 38.9 Å². The van der Waals surface area contributed by atoms with Gasteiger partial charge in [-0.3, -0.25) is 25.8 Å². The molecule has 0 atom stereocenters. The Labute approximate surface area is 138 Å². The summed E-state index contributed by atoms with van der Waals surface area (Å²) in [4.78, 5) is 22.2. The van der Waals surface area contributed by atoms with Crippen LogP contribution in [0.5, 0.6) is 0 Å². The van der Waals surface area contributed by atoms with E-state index in [1.807, 2.05) is 0 Å². The fourth-order valence-electron chi connectivity index (χ4n) is 1.55. The van der Waals surface area contributed by atoms with Gasteiger partial charge in [-0.2, -0.15) is 0 Å². The van der Waals surface area contributed by atoms with Crippen molar-refractivity contribution < 1.29 is 9.72 Å². The summed E-state index contributed by atoms with van der Waals surface area (Å²) in [6.07, 6.45) is 0.926. The first-order valence-electron chi connectivity index (χ1n) is 6.59. The van der Waals surface area contributed by atoms with E-state index in [-0.39, 0.29) is 21.4 Å². The predicted molar refractivity (Wildman–Crippen MR) is 88.8 cm³/mol. The summed E-state index contributed by atoms with van der Waals surface area (Å²) in [7, 11) is 0. The Hall–Kier alpha value is -1.93. The van der Waals surface area contributed by atoms with Crippen LogP contribution in [0.15, 0.2) is 18.2 Å². The molecule has 0 aliphatic heterocycles. The molecule has 0 aliphatic carbocycles. The van der Waals surface area contributed by atoms with Gasteiger partial charge in [-0.1, -0.05) is 25.4 Å². The molecular formula is C13H17ClN4O3S. The average molecular weight is 345 g/mol. The lowest BCUT2D eigenvalue weighted by Gasteiger charge is -2.12. The molecule has 0 unspecified atom stereocenters. The van der Waals surface area contributed by atoms with E-state index in [0.29, 0.717) is 12.5 Å². The number of hydrogen-bond donors (Lipinski definition) is 3. The Morgan fingerprint density at radius 2 is 2.09 bits per heavy atom. The van der Waals surface area contributed by atoms with E-state index in [9.17, 15) is 14.9 Å². The molecule has 9 heteroatoms. The summed E-state index contributed by atoms with van der Waals surface area (Å²) in [5.41, 5.74) is 4.32. The lowest BCUT2D eigenvalue weighted by molar-refractivity contribution is -0.385. The molecule has 0 aliphatic rings. The fraction of sp³-hybridized carbons (Fsp3) is 0.385. The molecule has 1 aromatic carbocycles. The van der Waals surface area contributed by atoms with Crippen molar-refractivity contribution in [1.29, 1.82) is 0 Å². The number of rotatable bonds is 5. The molecule has 1 rings (SSSR count). The molecule has 1 aromatic rings. The van der Waals surface area contributed by atoms with E-state index in [0.717, 1.165) is 6.42 Å². The molecular weight excluding hydrogens is 328 g/mol. The quantitative estimate of drug-likeness (QED) is 0.431. The SMILES string of the molecule is CC(C)CCNC(=S)NNC(=O)c1cc(Cl)ccc1[N+](=O)[O-]. The van der Waals surface area contributed by atoms with Gasteiger partial charge in [0.25, 0.3) is 11.6 Å². The smallest absolute Gasteiger partial charge is 0.282 e. The number of nitrogens with zero attached hydrogens (tertiary/aromatic N) is 1. The monoisotopic (exact) mass is 344 g/mol. The molecule has 0 bridgehead atoms. The first-order chi connectivity index (χ1) is 10.3. The van der Waals surface area contributed by atoms with Crippen molar-refractivity contribution in [3.8, 4) is 0 Å². The van der Waals surface area contributed by atoms with Gasteiger partial charge in [-0.25, -0.2) is 0 Å². The number of benzene rings is 1. The minimum absolute atomic E-state index is 0.144.